The minimum Gasteiger partial charge on any atom is -0.337 e. The van der Waals surface area contributed by atoms with Gasteiger partial charge in [-0.05, 0) is 12.8 Å². The molecule has 0 aliphatic carbocycles. The van der Waals surface area contributed by atoms with E-state index in [-0.39, 0.29) is 5.91 Å². The quantitative estimate of drug-likeness (QED) is 0.724. The Morgan fingerprint density at radius 2 is 2.20 bits per heavy atom. The smallest absolute Gasteiger partial charge is 0.274 e. The fraction of sp³-hybridized carbons (Fsp3) is 0.444. The first-order chi connectivity index (χ1) is 7.34. The molecule has 0 spiro atoms. The maximum atomic E-state index is 11.9. The van der Waals surface area contributed by atoms with E-state index >= 15 is 0 Å². The van der Waals surface area contributed by atoms with Crippen LogP contribution in [-0.4, -0.2) is 38.5 Å². The summed E-state index contributed by atoms with van der Waals surface area (Å²) in [7, 11) is 0. The van der Waals surface area contributed by atoms with Crippen molar-refractivity contribution in [3.63, 3.8) is 0 Å². The average molecular weight is 222 g/mol. The molecule has 15 heavy (non-hydrogen) atoms. The monoisotopic (exact) mass is 222 g/mol. The molecule has 78 valence electrons. The Balaban J connectivity index is 1.92. The number of fused-ring (bicyclic) bond motifs is 1. The first kappa shape index (κ1) is 8.84. The van der Waals surface area contributed by atoms with Crippen molar-refractivity contribution in [1.29, 1.82) is 0 Å². The third-order valence-electron chi connectivity index (χ3n) is 2.60. The molecule has 3 rings (SSSR count). The van der Waals surface area contributed by atoms with Crippen molar-refractivity contribution in [1.82, 2.24) is 19.5 Å². The van der Waals surface area contributed by atoms with Crippen LogP contribution in [0.5, 0.6) is 0 Å². The fourth-order valence-corrected chi connectivity index (χ4v) is 2.43. The van der Waals surface area contributed by atoms with Crippen LogP contribution in [0.2, 0.25) is 0 Å². The van der Waals surface area contributed by atoms with Gasteiger partial charge in [-0.2, -0.15) is 5.10 Å². The molecule has 2 aromatic heterocycles. The maximum Gasteiger partial charge on any atom is 0.274 e. The maximum absolute atomic E-state index is 11.9. The highest BCUT2D eigenvalue weighted by Gasteiger charge is 2.22. The van der Waals surface area contributed by atoms with Crippen molar-refractivity contribution in [2.75, 3.05) is 13.1 Å². The number of nitrogens with zero attached hydrogens (tertiary/aromatic N) is 4. The number of hydrogen-bond donors (Lipinski definition) is 0. The summed E-state index contributed by atoms with van der Waals surface area (Å²) >= 11 is 1.44. The van der Waals surface area contributed by atoms with E-state index in [0.29, 0.717) is 5.69 Å². The lowest BCUT2D eigenvalue weighted by molar-refractivity contribution is 0.0787. The molecule has 0 bridgehead atoms. The second-order valence-electron chi connectivity index (χ2n) is 3.59. The highest BCUT2D eigenvalue weighted by molar-refractivity contribution is 7.14. The van der Waals surface area contributed by atoms with Gasteiger partial charge < -0.3 is 4.90 Å². The van der Waals surface area contributed by atoms with E-state index in [0.717, 1.165) is 30.9 Å². The van der Waals surface area contributed by atoms with E-state index in [4.69, 9.17) is 0 Å². The Morgan fingerprint density at radius 1 is 1.40 bits per heavy atom. The molecular weight excluding hydrogens is 212 g/mol. The Morgan fingerprint density at radius 3 is 2.93 bits per heavy atom. The zero-order valence-corrected chi connectivity index (χ0v) is 8.90. The molecule has 0 unspecified atom stereocenters. The van der Waals surface area contributed by atoms with Gasteiger partial charge in [0.25, 0.3) is 5.91 Å². The normalized spacial score (nSPS) is 16.4. The summed E-state index contributed by atoms with van der Waals surface area (Å²) in [5, 5.41) is 4.05. The number of hydrogen-bond acceptors (Lipinski definition) is 4. The van der Waals surface area contributed by atoms with E-state index in [2.05, 4.69) is 10.1 Å². The number of aromatic nitrogens is 3. The van der Waals surface area contributed by atoms with Gasteiger partial charge in [-0.15, -0.1) is 0 Å². The molecule has 0 N–H and O–H groups in total. The van der Waals surface area contributed by atoms with Crippen LogP contribution in [0.4, 0.5) is 0 Å². The fourth-order valence-electron chi connectivity index (χ4n) is 1.82. The second kappa shape index (κ2) is 3.30. The van der Waals surface area contributed by atoms with Gasteiger partial charge in [0.2, 0.25) is 4.96 Å². The number of likely N-dealkylation sites (tertiary alicyclic amines) is 1. The van der Waals surface area contributed by atoms with Crippen molar-refractivity contribution < 1.29 is 4.79 Å². The van der Waals surface area contributed by atoms with E-state index in [9.17, 15) is 4.79 Å². The molecule has 5 nitrogen and oxygen atoms in total. The van der Waals surface area contributed by atoms with Crippen LogP contribution in [0.3, 0.4) is 0 Å². The van der Waals surface area contributed by atoms with Gasteiger partial charge in [0.05, 0.1) is 6.20 Å². The standard InChI is InChI=1S/C9H10N4OS/c14-8(12-3-1-2-4-12)7-5-13-9(11-7)15-6-10-13/h5-6H,1-4H2. The van der Waals surface area contributed by atoms with Crippen molar-refractivity contribution in [3.8, 4) is 0 Å². The lowest BCUT2D eigenvalue weighted by atomic mass is 10.4. The predicted molar refractivity (Wildman–Crippen MR) is 56.0 cm³/mol. The molecule has 3 heterocycles. The summed E-state index contributed by atoms with van der Waals surface area (Å²) < 4.78 is 1.65. The second-order valence-corrected chi connectivity index (χ2v) is 4.40. The summed E-state index contributed by atoms with van der Waals surface area (Å²) in [5.41, 5.74) is 2.23. The predicted octanol–water partition coefficient (Wildman–Crippen LogP) is 1.03. The van der Waals surface area contributed by atoms with Gasteiger partial charge in [-0.25, -0.2) is 9.50 Å². The molecule has 1 aliphatic heterocycles. The number of amides is 1. The van der Waals surface area contributed by atoms with Crippen molar-refractivity contribution in [3.05, 3.63) is 17.4 Å². The summed E-state index contributed by atoms with van der Waals surface area (Å²) in [6.07, 6.45) is 3.91. The molecule has 0 aromatic carbocycles. The first-order valence-electron chi connectivity index (χ1n) is 4.93. The first-order valence-corrected chi connectivity index (χ1v) is 5.81. The van der Waals surface area contributed by atoms with Crippen molar-refractivity contribution >= 4 is 22.2 Å². The molecule has 1 aliphatic rings. The van der Waals surface area contributed by atoms with Gasteiger partial charge in [-0.1, -0.05) is 11.3 Å². The Hall–Kier alpha value is -1.43. The van der Waals surface area contributed by atoms with Gasteiger partial charge in [-0.3, -0.25) is 4.79 Å². The number of rotatable bonds is 1. The zero-order chi connectivity index (χ0) is 10.3. The van der Waals surface area contributed by atoms with Crippen LogP contribution in [-0.2, 0) is 0 Å². The lowest BCUT2D eigenvalue weighted by Crippen LogP contribution is -2.27. The van der Waals surface area contributed by atoms with Crippen LogP contribution >= 0.6 is 11.3 Å². The summed E-state index contributed by atoms with van der Waals surface area (Å²) in [6.45, 7) is 1.72. The van der Waals surface area contributed by atoms with Gasteiger partial charge >= 0.3 is 0 Å². The van der Waals surface area contributed by atoms with Gasteiger partial charge in [0.15, 0.2) is 0 Å². The van der Waals surface area contributed by atoms with Crippen molar-refractivity contribution in [2.24, 2.45) is 0 Å². The third kappa shape index (κ3) is 1.41. The highest BCUT2D eigenvalue weighted by Crippen LogP contribution is 2.14. The summed E-state index contributed by atoms with van der Waals surface area (Å²) in [5.74, 6) is 0.0326. The molecule has 6 heteroatoms. The minimum atomic E-state index is 0.0326. The molecule has 0 atom stereocenters. The van der Waals surface area contributed by atoms with Gasteiger partial charge in [0, 0.05) is 13.1 Å². The topological polar surface area (TPSA) is 50.5 Å². The van der Waals surface area contributed by atoms with Crippen LogP contribution in [0.25, 0.3) is 4.96 Å². The minimum absolute atomic E-state index is 0.0326. The van der Waals surface area contributed by atoms with E-state index < -0.39 is 0 Å². The van der Waals surface area contributed by atoms with Crippen molar-refractivity contribution in [2.45, 2.75) is 12.8 Å². The molecule has 2 aromatic rings. The average Bonchev–Trinajstić information content (AvgIpc) is 2.92. The van der Waals surface area contributed by atoms with Crippen LogP contribution in [0, 0.1) is 0 Å². The Kier molecular flexibility index (Phi) is 1.95. The Bertz CT molecular complexity index is 468. The van der Waals surface area contributed by atoms with E-state index in [1.165, 1.54) is 11.3 Å². The molecule has 1 fully saturated rings. The van der Waals surface area contributed by atoms with Crippen LogP contribution in [0.1, 0.15) is 23.3 Å². The van der Waals surface area contributed by atoms with Crippen LogP contribution < -0.4 is 0 Å². The SMILES string of the molecule is O=C(c1cn2ncsc2n1)N1CCCC1. The third-order valence-corrected chi connectivity index (χ3v) is 3.29. The van der Waals surface area contributed by atoms with E-state index in [1.807, 2.05) is 4.90 Å². The molecule has 0 saturated carbocycles. The summed E-state index contributed by atoms with van der Waals surface area (Å²) in [4.78, 5) is 18.8. The zero-order valence-electron chi connectivity index (χ0n) is 8.09. The Labute approximate surface area is 90.3 Å². The number of carbonyl (C=O) groups excluding carboxylic acids is 1. The molecule has 0 radical (unpaired) electrons. The highest BCUT2D eigenvalue weighted by atomic mass is 32.1. The number of carbonyl (C=O) groups is 1. The number of imidazole rings is 1. The molecule has 1 amide bonds. The van der Waals surface area contributed by atoms with Gasteiger partial charge in [0.1, 0.15) is 11.2 Å². The van der Waals surface area contributed by atoms with E-state index in [1.54, 1.807) is 16.2 Å². The molecule has 1 saturated heterocycles. The van der Waals surface area contributed by atoms with Crippen LogP contribution in [0.15, 0.2) is 11.7 Å². The molecular formula is C9H10N4OS. The largest absolute Gasteiger partial charge is 0.337 e. The lowest BCUT2D eigenvalue weighted by Gasteiger charge is -2.12. The summed E-state index contributed by atoms with van der Waals surface area (Å²) in [6, 6.07) is 0.